The Morgan fingerprint density at radius 3 is 2.58 bits per heavy atom. The normalized spacial score (nSPS) is 10.4. The zero-order valence-electron chi connectivity index (χ0n) is 13.3. The van der Waals surface area contributed by atoms with Gasteiger partial charge >= 0.3 is 5.97 Å². The zero-order valence-corrected chi connectivity index (χ0v) is 13.3. The van der Waals surface area contributed by atoms with E-state index in [1.54, 1.807) is 32.3 Å². The Labute approximate surface area is 139 Å². The van der Waals surface area contributed by atoms with Crippen molar-refractivity contribution >= 4 is 18.1 Å². The summed E-state index contributed by atoms with van der Waals surface area (Å²) in [5.41, 5.74) is 0.363. The van der Waals surface area contributed by atoms with Crippen LogP contribution in [0, 0.1) is 11.3 Å². The van der Waals surface area contributed by atoms with Crippen LogP contribution in [0.3, 0.4) is 0 Å². The van der Waals surface area contributed by atoms with Crippen molar-refractivity contribution < 1.29 is 14.3 Å². The molecule has 0 aliphatic carbocycles. The van der Waals surface area contributed by atoms with Gasteiger partial charge in [0.05, 0.1) is 19.3 Å². The first-order valence-corrected chi connectivity index (χ1v) is 7.25. The summed E-state index contributed by atoms with van der Waals surface area (Å²) in [7, 11) is 1.59. The molecule has 1 N–H and O–H groups in total. The van der Waals surface area contributed by atoms with Crippen molar-refractivity contribution in [1.29, 1.82) is 5.26 Å². The molecular formula is C18H16N2O4. The third kappa shape index (κ3) is 3.90. The van der Waals surface area contributed by atoms with Crippen LogP contribution in [0.5, 0.6) is 5.75 Å². The van der Waals surface area contributed by atoms with Crippen LogP contribution in [-0.2, 0) is 4.74 Å². The van der Waals surface area contributed by atoms with Crippen LogP contribution in [0.4, 0.5) is 0 Å². The first kappa shape index (κ1) is 17.0. The van der Waals surface area contributed by atoms with E-state index >= 15 is 0 Å². The minimum absolute atomic E-state index is 0.0440. The lowest BCUT2D eigenvalue weighted by Gasteiger charge is -2.05. The van der Waals surface area contributed by atoms with Crippen molar-refractivity contribution in [2.45, 2.75) is 6.92 Å². The lowest BCUT2D eigenvalue weighted by Crippen LogP contribution is -2.18. The highest BCUT2D eigenvalue weighted by Gasteiger charge is 2.16. The minimum atomic E-state index is -0.695. The van der Waals surface area contributed by atoms with Gasteiger partial charge in [0.1, 0.15) is 17.4 Å². The van der Waals surface area contributed by atoms with E-state index in [2.05, 4.69) is 4.98 Å². The molecule has 0 atom stereocenters. The number of rotatable bonds is 5. The van der Waals surface area contributed by atoms with Crippen molar-refractivity contribution in [2.24, 2.45) is 0 Å². The number of H-pyrrole nitrogens is 1. The van der Waals surface area contributed by atoms with Gasteiger partial charge in [-0.15, -0.1) is 0 Å². The van der Waals surface area contributed by atoms with Gasteiger partial charge in [-0.05, 0) is 36.8 Å². The summed E-state index contributed by atoms with van der Waals surface area (Å²) < 4.78 is 9.97. The molecule has 122 valence electrons. The van der Waals surface area contributed by atoms with Crippen LogP contribution < -0.4 is 10.3 Å². The predicted octanol–water partition coefficient (Wildman–Crippen LogP) is 2.60. The number of esters is 1. The van der Waals surface area contributed by atoms with E-state index in [4.69, 9.17) is 14.7 Å². The summed E-state index contributed by atoms with van der Waals surface area (Å²) in [5.74, 6) is 0.0442. The number of carbonyl (C=O) groups excluding carboxylic acids is 1. The second-order valence-electron chi connectivity index (χ2n) is 4.78. The molecule has 0 saturated carbocycles. The molecule has 1 heterocycles. The minimum Gasteiger partial charge on any atom is -0.497 e. The van der Waals surface area contributed by atoms with Gasteiger partial charge in [0.15, 0.2) is 0 Å². The average Bonchev–Trinajstić information content (AvgIpc) is 2.60. The molecule has 6 nitrogen and oxygen atoms in total. The van der Waals surface area contributed by atoms with E-state index in [1.165, 1.54) is 6.07 Å². The van der Waals surface area contributed by atoms with E-state index in [0.29, 0.717) is 5.69 Å². The number of aromatic nitrogens is 1. The van der Waals surface area contributed by atoms with Crippen LogP contribution in [0.15, 0.2) is 35.1 Å². The highest BCUT2D eigenvalue weighted by atomic mass is 16.5. The summed E-state index contributed by atoms with van der Waals surface area (Å²) in [6.07, 6.45) is 3.42. The molecule has 0 saturated heterocycles. The van der Waals surface area contributed by atoms with Crippen LogP contribution in [0.1, 0.15) is 34.1 Å². The first-order valence-electron chi connectivity index (χ1n) is 7.25. The van der Waals surface area contributed by atoms with Gasteiger partial charge in [-0.1, -0.05) is 18.2 Å². The number of methoxy groups -OCH3 is 1. The lowest BCUT2D eigenvalue weighted by atomic mass is 10.1. The first-order chi connectivity index (χ1) is 11.6. The number of hydrogen-bond donors (Lipinski definition) is 1. The van der Waals surface area contributed by atoms with E-state index in [1.807, 2.05) is 24.3 Å². The molecule has 0 spiro atoms. The van der Waals surface area contributed by atoms with Gasteiger partial charge in [-0.3, -0.25) is 4.79 Å². The van der Waals surface area contributed by atoms with Crippen molar-refractivity contribution in [3.05, 3.63) is 63.1 Å². The monoisotopic (exact) mass is 324 g/mol. The summed E-state index contributed by atoms with van der Waals surface area (Å²) >= 11 is 0. The SMILES string of the molecule is CCOC(=O)c1cc(C=Cc2ccc(OC)cc2)[nH]c(=O)c1C#N. The molecule has 2 rings (SSSR count). The van der Waals surface area contributed by atoms with Gasteiger partial charge in [-0.25, -0.2) is 4.79 Å². The van der Waals surface area contributed by atoms with Crippen molar-refractivity contribution in [3.63, 3.8) is 0 Å². The van der Waals surface area contributed by atoms with Gasteiger partial charge in [0.25, 0.3) is 5.56 Å². The maximum Gasteiger partial charge on any atom is 0.339 e. The Kier molecular flexibility index (Phi) is 5.53. The molecule has 0 aliphatic rings. The fraction of sp³-hybridized carbons (Fsp3) is 0.167. The fourth-order valence-electron chi connectivity index (χ4n) is 2.05. The quantitative estimate of drug-likeness (QED) is 0.853. The summed E-state index contributed by atoms with van der Waals surface area (Å²) in [6.45, 7) is 1.81. The zero-order chi connectivity index (χ0) is 17.5. The van der Waals surface area contributed by atoms with Crippen LogP contribution in [0.25, 0.3) is 12.2 Å². The Balaban J connectivity index is 2.36. The third-order valence-corrected chi connectivity index (χ3v) is 3.23. The van der Waals surface area contributed by atoms with E-state index in [0.717, 1.165) is 11.3 Å². The second kappa shape index (κ2) is 7.79. The van der Waals surface area contributed by atoms with E-state index in [9.17, 15) is 9.59 Å². The summed E-state index contributed by atoms with van der Waals surface area (Å²) in [6, 6.07) is 10.5. The topological polar surface area (TPSA) is 92.2 Å². The largest absolute Gasteiger partial charge is 0.497 e. The van der Waals surface area contributed by atoms with Gasteiger partial charge in [0.2, 0.25) is 0 Å². The number of pyridine rings is 1. The molecule has 1 aromatic carbocycles. The molecule has 0 amide bonds. The number of carbonyl (C=O) groups is 1. The Bertz CT molecular complexity index is 858. The fourth-order valence-corrected chi connectivity index (χ4v) is 2.05. The highest BCUT2D eigenvalue weighted by molar-refractivity contribution is 5.92. The number of ether oxygens (including phenoxy) is 2. The lowest BCUT2D eigenvalue weighted by molar-refractivity contribution is 0.0525. The Morgan fingerprint density at radius 2 is 2.00 bits per heavy atom. The van der Waals surface area contributed by atoms with Gasteiger partial charge in [0, 0.05) is 5.69 Å². The smallest absolute Gasteiger partial charge is 0.339 e. The molecular weight excluding hydrogens is 308 g/mol. The maximum atomic E-state index is 12.0. The van der Waals surface area contributed by atoms with E-state index < -0.39 is 11.5 Å². The molecule has 6 heteroatoms. The summed E-state index contributed by atoms with van der Waals surface area (Å²) in [4.78, 5) is 26.4. The van der Waals surface area contributed by atoms with Crippen molar-refractivity contribution in [2.75, 3.05) is 13.7 Å². The number of benzene rings is 1. The van der Waals surface area contributed by atoms with Gasteiger partial charge in [-0.2, -0.15) is 5.26 Å². The maximum absolute atomic E-state index is 12.0. The number of hydrogen-bond acceptors (Lipinski definition) is 5. The van der Waals surface area contributed by atoms with Crippen LogP contribution in [0.2, 0.25) is 0 Å². The molecule has 0 bridgehead atoms. The molecule has 0 radical (unpaired) electrons. The summed E-state index contributed by atoms with van der Waals surface area (Å²) in [5, 5.41) is 9.06. The molecule has 1 aromatic heterocycles. The number of aromatic amines is 1. The molecule has 0 unspecified atom stereocenters. The van der Waals surface area contributed by atoms with Crippen LogP contribution >= 0.6 is 0 Å². The van der Waals surface area contributed by atoms with Gasteiger partial charge < -0.3 is 14.5 Å². The van der Waals surface area contributed by atoms with Crippen molar-refractivity contribution in [3.8, 4) is 11.8 Å². The number of nitrogens with one attached hydrogen (secondary N) is 1. The van der Waals surface area contributed by atoms with E-state index in [-0.39, 0.29) is 17.7 Å². The van der Waals surface area contributed by atoms with Crippen molar-refractivity contribution in [1.82, 2.24) is 4.98 Å². The molecule has 0 fully saturated rings. The molecule has 24 heavy (non-hydrogen) atoms. The second-order valence-corrected chi connectivity index (χ2v) is 4.78. The third-order valence-electron chi connectivity index (χ3n) is 3.23. The Morgan fingerprint density at radius 1 is 1.29 bits per heavy atom. The average molecular weight is 324 g/mol. The predicted molar refractivity (Wildman–Crippen MR) is 89.7 cm³/mol. The number of nitriles is 1. The molecule has 0 aliphatic heterocycles. The molecule has 2 aromatic rings. The number of nitrogens with zero attached hydrogens (tertiary/aromatic N) is 1. The van der Waals surface area contributed by atoms with Crippen LogP contribution in [-0.4, -0.2) is 24.7 Å². The highest BCUT2D eigenvalue weighted by Crippen LogP contribution is 2.14. The standard InChI is InChI=1S/C18H16N2O4/c1-3-24-18(22)15-10-13(20-17(21)16(15)11-19)7-4-12-5-8-14(23-2)9-6-12/h4-10H,3H2,1-2H3,(H,20,21). The Hall–Kier alpha value is -3.33.